The van der Waals surface area contributed by atoms with Crippen LogP contribution in [0.15, 0.2) is 24.3 Å². The molecule has 3 atom stereocenters. The molecule has 3 aliphatic rings. The summed E-state index contributed by atoms with van der Waals surface area (Å²) >= 11 is 0. The van der Waals surface area contributed by atoms with Gasteiger partial charge < -0.3 is 14.6 Å². The van der Waals surface area contributed by atoms with Gasteiger partial charge in [-0.05, 0) is 44.1 Å². The number of benzene rings is 1. The number of aliphatic hydroxyl groups excluding tert-OH is 1. The number of fused-ring (bicyclic) bond motifs is 1. The average Bonchev–Trinajstić information content (AvgIpc) is 2.89. The molecule has 1 N–H and O–H groups in total. The minimum absolute atomic E-state index is 0.100. The number of aliphatic hydroxyl groups is 1. The molecule has 4 rings (SSSR count). The fourth-order valence-electron chi connectivity index (χ4n) is 4.08. The largest absolute Gasteiger partial charge is 0.493 e. The zero-order valence-corrected chi connectivity index (χ0v) is 11.8. The minimum Gasteiger partial charge on any atom is -0.493 e. The molecular weight excluding hydrogens is 252 g/mol. The van der Waals surface area contributed by atoms with E-state index in [1.54, 1.807) is 0 Å². The van der Waals surface area contributed by atoms with Gasteiger partial charge in [-0.15, -0.1) is 0 Å². The van der Waals surface area contributed by atoms with Crippen LogP contribution in [0.5, 0.6) is 5.75 Å². The second-order valence-corrected chi connectivity index (χ2v) is 6.58. The lowest BCUT2D eigenvalue weighted by atomic mass is 9.69. The summed E-state index contributed by atoms with van der Waals surface area (Å²) in [5.41, 5.74) is 1.28. The highest BCUT2D eigenvalue weighted by Crippen LogP contribution is 2.47. The van der Waals surface area contributed by atoms with Crippen molar-refractivity contribution >= 4 is 0 Å². The Hall–Kier alpha value is -1.06. The first kappa shape index (κ1) is 12.7. The Morgan fingerprint density at radius 1 is 1.25 bits per heavy atom. The van der Waals surface area contributed by atoms with Crippen molar-refractivity contribution in [3.63, 3.8) is 0 Å². The molecule has 2 fully saturated rings. The Kier molecular flexibility index (Phi) is 3.00. The molecule has 1 aliphatic carbocycles. The maximum atomic E-state index is 10.8. The van der Waals surface area contributed by atoms with Crippen molar-refractivity contribution in [1.29, 1.82) is 0 Å². The quantitative estimate of drug-likeness (QED) is 0.901. The Morgan fingerprint density at radius 3 is 2.90 bits per heavy atom. The van der Waals surface area contributed by atoms with Crippen LogP contribution in [-0.4, -0.2) is 30.0 Å². The van der Waals surface area contributed by atoms with Crippen molar-refractivity contribution in [3.8, 4) is 5.75 Å². The van der Waals surface area contributed by atoms with Crippen LogP contribution in [0.2, 0.25) is 0 Å². The van der Waals surface area contributed by atoms with Gasteiger partial charge in [-0.25, -0.2) is 0 Å². The van der Waals surface area contributed by atoms with Crippen molar-refractivity contribution in [2.75, 3.05) is 13.2 Å². The third-order valence-corrected chi connectivity index (χ3v) is 5.43. The zero-order valence-electron chi connectivity index (χ0n) is 11.8. The standard InChI is InChI=1S/C17H22O3/c18-16(12-6-9-20-17(10-12)7-3-8-17)14-11-19-15-5-2-1-4-13(14)15/h1-2,4-5,12,14,16,18H,3,6-11H2. The topological polar surface area (TPSA) is 38.7 Å². The molecule has 0 radical (unpaired) electrons. The molecule has 3 nitrogen and oxygen atoms in total. The average molecular weight is 274 g/mol. The van der Waals surface area contributed by atoms with Gasteiger partial charge in [0.1, 0.15) is 5.75 Å². The van der Waals surface area contributed by atoms with E-state index in [0.29, 0.717) is 12.5 Å². The molecule has 1 saturated heterocycles. The van der Waals surface area contributed by atoms with Crippen molar-refractivity contribution in [2.24, 2.45) is 5.92 Å². The monoisotopic (exact) mass is 274 g/mol. The first-order valence-electron chi connectivity index (χ1n) is 7.81. The highest BCUT2D eigenvalue weighted by atomic mass is 16.5. The normalized spacial score (nSPS) is 32.2. The number of hydrogen-bond donors (Lipinski definition) is 1. The Labute approximate surface area is 119 Å². The molecule has 3 heteroatoms. The molecule has 2 heterocycles. The summed E-state index contributed by atoms with van der Waals surface area (Å²) in [5.74, 6) is 1.43. The van der Waals surface area contributed by atoms with Crippen LogP contribution in [-0.2, 0) is 4.74 Å². The second-order valence-electron chi connectivity index (χ2n) is 6.58. The van der Waals surface area contributed by atoms with Gasteiger partial charge in [0.15, 0.2) is 0 Å². The lowest BCUT2D eigenvalue weighted by molar-refractivity contribution is -0.158. The van der Waals surface area contributed by atoms with Crippen molar-refractivity contribution < 1.29 is 14.6 Å². The van der Waals surface area contributed by atoms with Gasteiger partial charge in [-0.2, -0.15) is 0 Å². The molecule has 0 bridgehead atoms. The lowest BCUT2D eigenvalue weighted by Gasteiger charge is -2.48. The van der Waals surface area contributed by atoms with E-state index in [0.717, 1.165) is 25.2 Å². The van der Waals surface area contributed by atoms with Crippen LogP contribution in [0.1, 0.15) is 43.6 Å². The summed E-state index contributed by atoms with van der Waals surface area (Å²) in [4.78, 5) is 0. The Balaban J connectivity index is 1.51. The van der Waals surface area contributed by atoms with Gasteiger partial charge in [0.2, 0.25) is 0 Å². The van der Waals surface area contributed by atoms with Crippen LogP contribution in [0.3, 0.4) is 0 Å². The van der Waals surface area contributed by atoms with Gasteiger partial charge >= 0.3 is 0 Å². The van der Waals surface area contributed by atoms with Crippen LogP contribution in [0.25, 0.3) is 0 Å². The number of ether oxygens (including phenoxy) is 2. The van der Waals surface area contributed by atoms with E-state index >= 15 is 0 Å². The van der Waals surface area contributed by atoms with E-state index in [-0.39, 0.29) is 17.6 Å². The van der Waals surface area contributed by atoms with Gasteiger partial charge in [0.25, 0.3) is 0 Å². The Bertz CT molecular complexity index is 495. The van der Waals surface area contributed by atoms with E-state index in [9.17, 15) is 5.11 Å². The molecule has 0 amide bonds. The fourth-order valence-corrected chi connectivity index (χ4v) is 4.08. The van der Waals surface area contributed by atoms with Crippen LogP contribution < -0.4 is 4.74 Å². The summed E-state index contributed by atoms with van der Waals surface area (Å²) in [6.07, 6.45) is 5.31. The molecular formula is C17H22O3. The lowest BCUT2D eigenvalue weighted by Crippen LogP contribution is -2.48. The summed E-state index contributed by atoms with van der Waals surface area (Å²) < 4.78 is 11.7. The van der Waals surface area contributed by atoms with E-state index in [4.69, 9.17) is 9.47 Å². The van der Waals surface area contributed by atoms with Crippen LogP contribution in [0, 0.1) is 5.92 Å². The van der Waals surface area contributed by atoms with Crippen LogP contribution in [0.4, 0.5) is 0 Å². The van der Waals surface area contributed by atoms with Gasteiger partial charge in [-0.3, -0.25) is 0 Å². The van der Waals surface area contributed by atoms with E-state index in [1.165, 1.54) is 24.8 Å². The van der Waals surface area contributed by atoms with Crippen molar-refractivity contribution in [2.45, 2.75) is 49.7 Å². The molecule has 1 saturated carbocycles. The predicted octanol–water partition coefficient (Wildman–Crippen LogP) is 2.87. The van der Waals surface area contributed by atoms with E-state index < -0.39 is 0 Å². The van der Waals surface area contributed by atoms with E-state index in [1.807, 2.05) is 18.2 Å². The summed E-state index contributed by atoms with van der Waals surface area (Å²) in [7, 11) is 0. The molecule has 1 spiro atoms. The van der Waals surface area contributed by atoms with Gasteiger partial charge in [0, 0.05) is 18.1 Å². The second kappa shape index (κ2) is 4.74. The van der Waals surface area contributed by atoms with Crippen molar-refractivity contribution in [3.05, 3.63) is 29.8 Å². The fraction of sp³-hybridized carbons (Fsp3) is 0.647. The molecule has 1 aromatic rings. The molecule has 108 valence electrons. The zero-order chi connectivity index (χ0) is 13.6. The first-order valence-corrected chi connectivity index (χ1v) is 7.81. The van der Waals surface area contributed by atoms with E-state index in [2.05, 4.69) is 6.07 Å². The van der Waals surface area contributed by atoms with Gasteiger partial charge in [-0.1, -0.05) is 18.2 Å². The van der Waals surface area contributed by atoms with Crippen molar-refractivity contribution in [1.82, 2.24) is 0 Å². The predicted molar refractivity (Wildman–Crippen MR) is 75.9 cm³/mol. The maximum Gasteiger partial charge on any atom is 0.123 e. The van der Waals surface area contributed by atoms with Gasteiger partial charge in [0.05, 0.1) is 18.3 Å². The highest BCUT2D eigenvalue weighted by Gasteiger charge is 2.46. The number of hydrogen-bond acceptors (Lipinski definition) is 3. The summed E-state index contributed by atoms with van der Waals surface area (Å²) in [6, 6.07) is 8.12. The van der Waals surface area contributed by atoms with Crippen LogP contribution >= 0.6 is 0 Å². The first-order chi connectivity index (χ1) is 9.77. The third kappa shape index (κ3) is 1.95. The molecule has 2 aliphatic heterocycles. The number of para-hydroxylation sites is 1. The maximum absolute atomic E-state index is 10.8. The smallest absolute Gasteiger partial charge is 0.123 e. The summed E-state index contributed by atoms with van der Waals surface area (Å²) in [6.45, 7) is 1.42. The highest BCUT2D eigenvalue weighted by molar-refractivity contribution is 5.40. The SMILES string of the molecule is OC(C1CCOC2(CCC2)C1)C1COc2ccccc21. The molecule has 0 aromatic heterocycles. The Morgan fingerprint density at radius 2 is 2.10 bits per heavy atom. The minimum atomic E-state index is -0.306. The summed E-state index contributed by atoms with van der Waals surface area (Å²) in [5, 5.41) is 10.8. The number of rotatable bonds is 2. The molecule has 20 heavy (non-hydrogen) atoms. The molecule has 3 unspecified atom stereocenters. The third-order valence-electron chi connectivity index (χ3n) is 5.43. The molecule has 1 aromatic carbocycles.